The Kier molecular flexibility index (Phi) is 2.96. The van der Waals surface area contributed by atoms with Crippen LogP contribution in [0.4, 0.5) is 0 Å². The van der Waals surface area contributed by atoms with Crippen molar-refractivity contribution in [1.82, 2.24) is 20.4 Å². The van der Waals surface area contributed by atoms with E-state index in [1.54, 1.807) is 6.20 Å². The van der Waals surface area contributed by atoms with Crippen LogP contribution in [-0.2, 0) is 0 Å². The number of aromatic amines is 1. The summed E-state index contributed by atoms with van der Waals surface area (Å²) in [5.41, 5.74) is 2.13. The van der Waals surface area contributed by atoms with E-state index in [0.717, 1.165) is 55.5 Å². The highest BCUT2D eigenvalue weighted by molar-refractivity contribution is 6.06. The number of nitrogens with zero attached hydrogens (tertiary/aromatic N) is 2. The molecule has 3 heterocycles. The number of aromatic nitrogens is 2. The van der Waals surface area contributed by atoms with E-state index in [4.69, 9.17) is 0 Å². The predicted octanol–water partition coefficient (Wildman–Crippen LogP) is 1.78. The predicted molar refractivity (Wildman–Crippen MR) is 81.2 cm³/mol. The zero-order valence-electron chi connectivity index (χ0n) is 12.1. The number of hydrogen-bond donors (Lipinski definition) is 2. The Bertz CT molecular complexity index is 662. The van der Waals surface area contributed by atoms with Gasteiger partial charge >= 0.3 is 0 Å². The zero-order valence-corrected chi connectivity index (χ0v) is 12.1. The van der Waals surface area contributed by atoms with Crippen LogP contribution in [0.1, 0.15) is 29.6 Å². The molecule has 0 radical (unpaired) electrons. The van der Waals surface area contributed by atoms with Gasteiger partial charge in [0, 0.05) is 25.0 Å². The summed E-state index contributed by atoms with van der Waals surface area (Å²) in [6, 6.07) is 5.77. The molecule has 0 saturated carbocycles. The number of likely N-dealkylation sites (tertiary alicyclic amines) is 1. The molecule has 5 nitrogen and oxygen atoms in total. The Hall–Kier alpha value is -1.88. The smallest absolute Gasteiger partial charge is 0.254 e. The molecule has 0 bridgehead atoms. The summed E-state index contributed by atoms with van der Waals surface area (Å²) in [5.74, 6) is 0.141. The monoisotopic (exact) mass is 284 g/mol. The summed E-state index contributed by atoms with van der Waals surface area (Å²) in [6.07, 6.45) is 5.24. The standard InChI is InChI=1S/C16H20N4O/c21-15(12-2-1-3-14-13(12)10-18-19-14)20-8-5-16(6-9-20)4-7-17-11-16/h1-3,10,17H,4-9,11H2,(H,18,19). The molecule has 2 saturated heterocycles. The highest BCUT2D eigenvalue weighted by atomic mass is 16.2. The molecular formula is C16H20N4O. The quantitative estimate of drug-likeness (QED) is 0.839. The number of carbonyl (C=O) groups is 1. The molecule has 1 aromatic heterocycles. The fourth-order valence-corrected chi connectivity index (χ4v) is 3.73. The lowest BCUT2D eigenvalue weighted by Crippen LogP contribution is -2.44. The van der Waals surface area contributed by atoms with E-state index in [0.29, 0.717) is 5.41 Å². The van der Waals surface area contributed by atoms with Crippen molar-refractivity contribution < 1.29 is 4.79 Å². The van der Waals surface area contributed by atoms with Gasteiger partial charge in [-0.25, -0.2) is 0 Å². The Morgan fingerprint density at radius 3 is 2.86 bits per heavy atom. The van der Waals surface area contributed by atoms with Gasteiger partial charge in [0.25, 0.3) is 5.91 Å². The van der Waals surface area contributed by atoms with Crippen LogP contribution < -0.4 is 5.32 Å². The molecule has 0 aliphatic carbocycles. The molecule has 110 valence electrons. The van der Waals surface area contributed by atoms with Gasteiger partial charge in [-0.15, -0.1) is 0 Å². The maximum absolute atomic E-state index is 12.8. The number of nitrogens with one attached hydrogen (secondary N) is 2. The number of fused-ring (bicyclic) bond motifs is 1. The lowest BCUT2D eigenvalue weighted by atomic mass is 9.78. The van der Waals surface area contributed by atoms with E-state index in [2.05, 4.69) is 15.5 Å². The number of piperidine rings is 1. The van der Waals surface area contributed by atoms with Crippen LogP contribution in [0.5, 0.6) is 0 Å². The van der Waals surface area contributed by atoms with Crippen LogP contribution >= 0.6 is 0 Å². The average molecular weight is 284 g/mol. The molecule has 5 heteroatoms. The Morgan fingerprint density at radius 1 is 1.24 bits per heavy atom. The number of hydrogen-bond acceptors (Lipinski definition) is 3. The fraction of sp³-hybridized carbons (Fsp3) is 0.500. The summed E-state index contributed by atoms with van der Waals surface area (Å²) in [6.45, 7) is 3.98. The van der Waals surface area contributed by atoms with Crippen LogP contribution in [0.25, 0.3) is 10.9 Å². The Labute approximate surface area is 123 Å². The van der Waals surface area contributed by atoms with E-state index in [-0.39, 0.29) is 5.91 Å². The van der Waals surface area contributed by atoms with Crippen molar-refractivity contribution in [2.24, 2.45) is 5.41 Å². The third-order valence-electron chi connectivity index (χ3n) is 5.16. The molecule has 2 N–H and O–H groups in total. The van der Waals surface area contributed by atoms with Gasteiger partial charge in [0.2, 0.25) is 0 Å². The van der Waals surface area contributed by atoms with Crippen LogP contribution in [0.2, 0.25) is 0 Å². The van der Waals surface area contributed by atoms with Crippen molar-refractivity contribution >= 4 is 16.8 Å². The van der Waals surface area contributed by atoms with Gasteiger partial charge in [-0.1, -0.05) is 6.07 Å². The topological polar surface area (TPSA) is 61.0 Å². The van der Waals surface area contributed by atoms with Crippen LogP contribution in [-0.4, -0.2) is 47.2 Å². The molecule has 2 aliphatic rings. The summed E-state index contributed by atoms with van der Waals surface area (Å²) in [4.78, 5) is 14.8. The zero-order chi connectivity index (χ0) is 14.3. The van der Waals surface area contributed by atoms with Crippen molar-refractivity contribution in [3.05, 3.63) is 30.0 Å². The SMILES string of the molecule is O=C(c1cccc2[nH]ncc12)N1CCC2(CCNC2)CC1. The highest BCUT2D eigenvalue weighted by Crippen LogP contribution is 2.37. The van der Waals surface area contributed by atoms with E-state index >= 15 is 0 Å². The van der Waals surface area contributed by atoms with E-state index in [1.165, 1.54) is 6.42 Å². The number of carbonyl (C=O) groups excluding carboxylic acids is 1. The van der Waals surface area contributed by atoms with Crippen molar-refractivity contribution in [2.75, 3.05) is 26.2 Å². The minimum absolute atomic E-state index is 0.141. The van der Waals surface area contributed by atoms with Gasteiger partial charge in [-0.2, -0.15) is 5.10 Å². The molecular weight excluding hydrogens is 264 g/mol. The van der Waals surface area contributed by atoms with E-state index in [1.807, 2.05) is 23.1 Å². The first-order valence-corrected chi connectivity index (χ1v) is 7.70. The summed E-state index contributed by atoms with van der Waals surface area (Å²) < 4.78 is 0. The Morgan fingerprint density at radius 2 is 2.10 bits per heavy atom. The van der Waals surface area contributed by atoms with Gasteiger partial charge in [0.05, 0.1) is 17.3 Å². The molecule has 21 heavy (non-hydrogen) atoms. The molecule has 1 amide bonds. The first-order chi connectivity index (χ1) is 10.3. The van der Waals surface area contributed by atoms with Gasteiger partial charge in [0.1, 0.15) is 0 Å². The summed E-state index contributed by atoms with van der Waals surface area (Å²) in [5, 5.41) is 11.4. The van der Waals surface area contributed by atoms with Gasteiger partial charge in [-0.05, 0) is 43.4 Å². The number of rotatable bonds is 1. The first kappa shape index (κ1) is 12.8. The number of benzene rings is 1. The number of H-pyrrole nitrogens is 1. The van der Waals surface area contributed by atoms with Gasteiger partial charge in [-0.3, -0.25) is 9.89 Å². The molecule has 4 rings (SSSR count). The third kappa shape index (κ3) is 2.12. The molecule has 2 fully saturated rings. The van der Waals surface area contributed by atoms with Gasteiger partial charge in [0.15, 0.2) is 0 Å². The molecule has 1 aromatic carbocycles. The van der Waals surface area contributed by atoms with Crippen LogP contribution in [0.15, 0.2) is 24.4 Å². The third-order valence-corrected chi connectivity index (χ3v) is 5.16. The van der Waals surface area contributed by atoms with E-state index in [9.17, 15) is 4.79 Å². The van der Waals surface area contributed by atoms with Crippen molar-refractivity contribution in [1.29, 1.82) is 0 Å². The minimum atomic E-state index is 0.141. The van der Waals surface area contributed by atoms with Crippen molar-refractivity contribution in [3.8, 4) is 0 Å². The lowest BCUT2D eigenvalue weighted by molar-refractivity contribution is 0.0609. The summed E-state index contributed by atoms with van der Waals surface area (Å²) in [7, 11) is 0. The van der Waals surface area contributed by atoms with Crippen molar-refractivity contribution in [3.63, 3.8) is 0 Å². The molecule has 2 aliphatic heterocycles. The van der Waals surface area contributed by atoms with E-state index < -0.39 is 0 Å². The van der Waals surface area contributed by atoms with Crippen LogP contribution in [0.3, 0.4) is 0 Å². The second-order valence-corrected chi connectivity index (χ2v) is 6.36. The molecule has 2 aromatic rings. The Balaban J connectivity index is 1.54. The minimum Gasteiger partial charge on any atom is -0.339 e. The summed E-state index contributed by atoms with van der Waals surface area (Å²) >= 11 is 0. The molecule has 1 spiro atoms. The first-order valence-electron chi connectivity index (χ1n) is 7.70. The van der Waals surface area contributed by atoms with Crippen LogP contribution in [0, 0.1) is 5.41 Å². The lowest BCUT2D eigenvalue weighted by Gasteiger charge is -2.39. The molecule has 0 atom stereocenters. The average Bonchev–Trinajstić information content (AvgIpc) is 3.16. The second-order valence-electron chi connectivity index (χ2n) is 6.36. The van der Waals surface area contributed by atoms with Crippen molar-refractivity contribution in [2.45, 2.75) is 19.3 Å². The maximum atomic E-state index is 12.8. The largest absolute Gasteiger partial charge is 0.339 e. The maximum Gasteiger partial charge on any atom is 0.254 e. The number of amides is 1. The normalized spacial score (nSPS) is 21.2. The van der Waals surface area contributed by atoms with Gasteiger partial charge < -0.3 is 10.2 Å². The highest BCUT2D eigenvalue weighted by Gasteiger charge is 2.38. The second kappa shape index (κ2) is 4.84. The molecule has 0 unspecified atom stereocenters. The fourth-order valence-electron chi connectivity index (χ4n) is 3.73.